The molecule has 8 nitrogen and oxygen atoms in total. The van der Waals surface area contributed by atoms with Gasteiger partial charge in [-0.05, 0) is 69.8 Å². The Morgan fingerprint density at radius 1 is 0.413 bits per heavy atom. The monoisotopic (exact) mass is 1050 g/mol. The number of fused-ring (bicyclic) bond motifs is 6. The van der Waals surface area contributed by atoms with Gasteiger partial charge in [-0.15, -0.1) is 0 Å². The fraction of sp³-hybridized carbons (Fsp3) is 0.0755. The molecule has 0 fully saturated rings. The second-order valence-electron chi connectivity index (χ2n) is 15.5. The minimum Gasteiger partial charge on any atom is -0.481 e. The van der Waals surface area contributed by atoms with E-state index in [1.54, 1.807) is 12.4 Å². The number of aromatic nitrogens is 6. The summed E-state index contributed by atoms with van der Waals surface area (Å²) < 4.78 is 0. The molecule has 0 aliphatic rings. The van der Waals surface area contributed by atoms with Gasteiger partial charge >= 0.3 is 5.97 Å². The standard InChI is InChI=1S/C18H14N2O2.C18H16N2.C17H14N2.I2/c21-18(22)17(13-9-19-15-7-3-1-5-11(13)15)14-10-20-16-8-4-2-6-12(14)16;1-12(15-10-19-17-8-4-2-6-13(15)17)16-11-20-18-9-5-3-7-14(16)18;1-3-7-16-14(5-1)12(10-18-16)9-13-11-19-17-8-4-2-6-15(13)17;1-2/h1-10,17,19-20H,(H,21,22);2-12,19-20H,1H3;1-8,10-11,18-19H,9H2;. The second kappa shape index (κ2) is 18.9. The number of rotatable bonds is 7. The van der Waals surface area contributed by atoms with E-state index in [1.807, 2.05) is 48.5 Å². The maximum Gasteiger partial charge on any atom is 0.315 e. The number of halogens is 2. The number of hydrogen-bond acceptors (Lipinski definition) is 1. The topological polar surface area (TPSA) is 132 Å². The van der Waals surface area contributed by atoms with Crippen molar-refractivity contribution in [1.29, 1.82) is 0 Å². The molecule has 6 aromatic carbocycles. The maximum atomic E-state index is 12.0. The van der Waals surface area contributed by atoms with Gasteiger partial charge in [-0.3, -0.25) is 4.79 Å². The molecule has 0 aliphatic carbocycles. The van der Waals surface area contributed by atoms with Crippen molar-refractivity contribution in [2.75, 3.05) is 0 Å². The fourth-order valence-corrected chi connectivity index (χ4v) is 8.93. The summed E-state index contributed by atoms with van der Waals surface area (Å²) in [6.45, 7) is 2.27. The molecule has 0 amide bonds. The lowest BCUT2D eigenvalue weighted by Crippen LogP contribution is -2.12. The number of aromatic amines is 6. The van der Waals surface area contributed by atoms with Gasteiger partial charge in [-0.25, -0.2) is 0 Å². The largest absolute Gasteiger partial charge is 0.481 e. The van der Waals surface area contributed by atoms with Crippen LogP contribution in [0.5, 0.6) is 0 Å². The van der Waals surface area contributed by atoms with Crippen LogP contribution in [0.2, 0.25) is 0 Å². The molecule has 10 heteroatoms. The Morgan fingerprint density at radius 3 is 1.00 bits per heavy atom. The third-order valence-corrected chi connectivity index (χ3v) is 12.0. The molecule has 0 bridgehead atoms. The number of carbonyl (C=O) groups is 1. The van der Waals surface area contributed by atoms with E-state index in [-0.39, 0.29) is 0 Å². The zero-order valence-electron chi connectivity index (χ0n) is 34.3. The van der Waals surface area contributed by atoms with Crippen LogP contribution in [0.25, 0.3) is 65.4 Å². The Kier molecular flexibility index (Phi) is 12.5. The predicted octanol–water partition coefficient (Wildman–Crippen LogP) is 14.7. The fourth-order valence-electron chi connectivity index (χ4n) is 8.93. The zero-order valence-corrected chi connectivity index (χ0v) is 38.6. The highest BCUT2D eigenvalue weighted by Crippen LogP contribution is 2.36. The van der Waals surface area contributed by atoms with Crippen molar-refractivity contribution < 1.29 is 9.90 Å². The van der Waals surface area contributed by atoms with Gasteiger partial charge in [0.15, 0.2) is 0 Å². The SMILES string of the molecule is CC(c1c[nH]c2ccccc12)c1c[nH]c2ccccc12.II.O=C(O)C(c1c[nH]c2ccccc12)c1c[nH]c2ccccc12.c1ccc2c(Cc3c[nH]c4ccccc34)c[nH]c2c1. The zero-order chi connectivity index (χ0) is 43.3. The Bertz CT molecular complexity index is 3240. The van der Waals surface area contributed by atoms with Crippen molar-refractivity contribution >= 4 is 109 Å². The lowest BCUT2D eigenvalue weighted by molar-refractivity contribution is -0.137. The molecule has 0 spiro atoms. The van der Waals surface area contributed by atoms with Crippen LogP contribution in [0.15, 0.2) is 183 Å². The first-order chi connectivity index (χ1) is 31.0. The molecular weight excluding hydrogens is 1010 g/mol. The first kappa shape index (κ1) is 41.8. The van der Waals surface area contributed by atoms with Crippen molar-refractivity contribution in [3.8, 4) is 0 Å². The quantitative estimate of drug-likeness (QED) is 0.0802. The summed E-state index contributed by atoms with van der Waals surface area (Å²) in [5.74, 6) is -1.19. The van der Waals surface area contributed by atoms with Crippen LogP contribution < -0.4 is 0 Å². The van der Waals surface area contributed by atoms with Crippen LogP contribution in [0.1, 0.15) is 52.1 Å². The highest BCUT2D eigenvalue weighted by atomic mass is 128. The number of nitrogens with one attached hydrogen (secondary N) is 6. The maximum absolute atomic E-state index is 12.0. The number of hydrogen-bond donors (Lipinski definition) is 7. The van der Waals surface area contributed by atoms with Gasteiger partial charge in [-0.2, -0.15) is 0 Å². The van der Waals surface area contributed by atoms with Crippen LogP contribution in [0.3, 0.4) is 0 Å². The van der Waals surface area contributed by atoms with Crippen molar-refractivity contribution in [3.05, 3.63) is 216 Å². The van der Waals surface area contributed by atoms with E-state index in [0.717, 1.165) is 39.4 Å². The molecule has 12 aromatic rings. The Labute approximate surface area is 386 Å². The highest BCUT2D eigenvalue weighted by molar-refractivity contribution is 15.0. The molecule has 6 heterocycles. The molecule has 0 atom stereocenters. The summed E-state index contributed by atoms with van der Waals surface area (Å²) in [6, 6.07) is 49.4. The Morgan fingerprint density at radius 2 is 0.667 bits per heavy atom. The Balaban J connectivity index is 0.000000118. The van der Waals surface area contributed by atoms with Gasteiger partial charge in [0.2, 0.25) is 0 Å². The van der Waals surface area contributed by atoms with Crippen molar-refractivity contribution in [2.24, 2.45) is 0 Å². The van der Waals surface area contributed by atoms with Crippen molar-refractivity contribution in [2.45, 2.75) is 25.2 Å². The molecule has 0 aliphatic heterocycles. The molecule has 0 saturated carbocycles. The Hall–Kier alpha value is -6.51. The van der Waals surface area contributed by atoms with E-state index in [4.69, 9.17) is 0 Å². The third-order valence-electron chi connectivity index (χ3n) is 12.0. The number of aliphatic carboxylic acids is 1. The number of carboxylic acid groups (broad SMARTS) is 1. The van der Waals surface area contributed by atoms with Gasteiger partial charge in [-0.1, -0.05) is 116 Å². The minimum absolute atomic E-state index is 0.363. The van der Waals surface area contributed by atoms with Crippen LogP contribution in [-0.4, -0.2) is 41.0 Å². The predicted molar refractivity (Wildman–Crippen MR) is 278 cm³/mol. The first-order valence-corrected chi connectivity index (χ1v) is 27.0. The minimum atomic E-state index is -0.852. The van der Waals surface area contributed by atoms with E-state index in [2.05, 4.69) is 196 Å². The van der Waals surface area contributed by atoms with Gasteiger partial charge in [0, 0.05) is 152 Å². The summed E-state index contributed by atoms with van der Waals surface area (Å²) in [7, 11) is 0. The van der Waals surface area contributed by atoms with Crippen LogP contribution in [0.4, 0.5) is 0 Å². The van der Waals surface area contributed by atoms with Crippen LogP contribution in [-0.2, 0) is 11.2 Å². The van der Waals surface area contributed by atoms with E-state index in [9.17, 15) is 9.90 Å². The van der Waals surface area contributed by atoms with Crippen molar-refractivity contribution in [3.63, 3.8) is 0 Å². The molecule has 0 saturated heterocycles. The van der Waals surface area contributed by atoms with Gasteiger partial charge in [0.25, 0.3) is 0 Å². The van der Waals surface area contributed by atoms with E-state index < -0.39 is 11.9 Å². The number of carboxylic acids is 1. The highest BCUT2D eigenvalue weighted by Gasteiger charge is 2.27. The number of para-hydroxylation sites is 6. The molecule has 312 valence electrons. The lowest BCUT2D eigenvalue weighted by atomic mass is 9.91. The lowest BCUT2D eigenvalue weighted by Gasteiger charge is -2.11. The number of H-pyrrole nitrogens is 6. The molecule has 63 heavy (non-hydrogen) atoms. The van der Waals surface area contributed by atoms with Gasteiger partial charge in [0.1, 0.15) is 5.92 Å². The first-order valence-electron chi connectivity index (χ1n) is 20.7. The normalized spacial score (nSPS) is 11.3. The average Bonchev–Trinajstić information content (AvgIpc) is 4.21. The summed E-state index contributed by atoms with van der Waals surface area (Å²) in [6.07, 6.45) is 13.1. The summed E-state index contributed by atoms with van der Waals surface area (Å²) in [5.41, 5.74) is 13.7. The molecule has 6 aromatic heterocycles. The molecule has 7 N–H and O–H groups in total. The van der Waals surface area contributed by atoms with Crippen LogP contribution >= 0.6 is 37.2 Å². The van der Waals surface area contributed by atoms with Gasteiger partial charge < -0.3 is 35.0 Å². The summed E-state index contributed by atoms with van der Waals surface area (Å²) in [5, 5.41) is 16.9. The average molecular weight is 1050 g/mol. The number of benzene rings is 6. The van der Waals surface area contributed by atoms with Crippen LogP contribution in [0, 0.1) is 0 Å². The third kappa shape index (κ3) is 8.40. The molecule has 0 radical (unpaired) electrons. The summed E-state index contributed by atoms with van der Waals surface area (Å²) in [4.78, 5) is 31.7. The smallest absolute Gasteiger partial charge is 0.315 e. The van der Waals surface area contributed by atoms with E-state index in [0.29, 0.717) is 5.92 Å². The van der Waals surface area contributed by atoms with Gasteiger partial charge in [0.05, 0.1) is 0 Å². The van der Waals surface area contributed by atoms with E-state index in [1.165, 1.54) is 65.9 Å². The molecular formula is C53H44I2N6O2. The van der Waals surface area contributed by atoms with Crippen molar-refractivity contribution in [1.82, 2.24) is 29.9 Å². The summed E-state index contributed by atoms with van der Waals surface area (Å²) >= 11 is 4.24. The van der Waals surface area contributed by atoms with E-state index >= 15 is 0 Å². The molecule has 12 rings (SSSR count). The second-order valence-corrected chi connectivity index (χ2v) is 15.5. The molecule has 0 unspecified atom stereocenters.